The fourth-order valence-corrected chi connectivity index (χ4v) is 1.95. The molecular formula is C12H15FO2. The van der Waals surface area contributed by atoms with Crippen molar-refractivity contribution in [2.75, 3.05) is 20.3 Å². The van der Waals surface area contributed by atoms with Crippen LogP contribution in [0.5, 0.6) is 5.75 Å². The fraction of sp³-hybridized carbons (Fsp3) is 0.500. The molecule has 0 spiro atoms. The van der Waals surface area contributed by atoms with Crippen LogP contribution in [0.4, 0.5) is 4.39 Å². The Morgan fingerprint density at radius 2 is 2.13 bits per heavy atom. The summed E-state index contributed by atoms with van der Waals surface area (Å²) in [5, 5.41) is 0. The lowest BCUT2D eigenvalue weighted by Crippen LogP contribution is -2.05. The summed E-state index contributed by atoms with van der Waals surface area (Å²) >= 11 is 0. The summed E-state index contributed by atoms with van der Waals surface area (Å²) in [6.07, 6.45) is 2.88. The SMILES string of the molecule is COCCOc1cc(F)c2c(c1)CCC2. The largest absolute Gasteiger partial charge is 0.491 e. The predicted molar refractivity (Wildman–Crippen MR) is 55.8 cm³/mol. The average molecular weight is 210 g/mol. The van der Waals surface area contributed by atoms with Crippen LogP contribution in [-0.2, 0) is 17.6 Å². The fourth-order valence-electron chi connectivity index (χ4n) is 1.95. The highest BCUT2D eigenvalue weighted by molar-refractivity contribution is 5.39. The van der Waals surface area contributed by atoms with Gasteiger partial charge in [0.05, 0.1) is 6.61 Å². The first-order valence-electron chi connectivity index (χ1n) is 5.24. The topological polar surface area (TPSA) is 18.5 Å². The summed E-state index contributed by atoms with van der Waals surface area (Å²) in [6, 6.07) is 3.42. The maximum atomic E-state index is 13.5. The van der Waals surface area contributed by atoms with Gasteiger partial charge in [-0.25, -0.2) is 4.39 Å². The molecule has 1 aromatic carbocycles. The number of hydrogen-bond acceptors (Lipinski definition) is 2. The normalized spacial score (nSPS) is 14.0. The van der Waals surface area contributed by atoms with Crippen molar-refractivity contribution < 1.29 is 13.9 Å². The lowest BCUT2D eigenvalue weighted by molar-refractivity contribution is 0.146. The van der Waals surface area contributed by atoms with E-state index in [1.54, 1.807) is 7.11 Å². The number of hydrogen-bond donors (Lipinski definition) is 0. The molecule has 0 bridgehead atoms. The van der Waals surface area contributed by atoms with Gasteiger partial charge in [-0.2, -0.15) is 0 Å². The molecule has 1 aliphatic rings. The molecule has 15 heavy (non-hydrogen) atoms. The van der Waals surface area contributed by atoms with Gasteiger partial charge in [-0.1, -0.05) is 0 Å². The number of rotatable bonds is 4. The molecule has 2 nitrogen and oxygen atoms in total. The van der Waals surface area contributed by atoms with Crippen molar-refractivity contribution in [3.63, 3.8) is 0 Å². The van der Waals surface area contributed by atoms with Crippen molar-refractivity contribution in [1.29, 1.82) is 0 Å². The highest BCUT2D eigenvalue weighted by atomic mass is 19.1. The van der Waals surface area contributed by atoms with E-state index < -0.39 is 0 Å². The van der Waals surface area contributed by atoms with Crippen molar-refractivity contribution in [2.24, 2.45) is 0 Å². The summed E-state index contributed by atoms with van der Waals surface area (Å²) < 4.78 is 23.8. The highest BCUT2D eigenvalue weighted by Gasteiger charge is 2.16. The van der Waals surface area contributed by atoms with Gasteiger partial charge in [0.25, 0.3) is 0 Å². The Balaban J connectivity index is 2.09. The summed E-state index contributed by atoms with van der Waals surface area (Å²) in [5.41, 5.74) is 1.97. The maximum Gasteiger partial charge on any atom is 0.130 e. The standard InChI is InChI=1S/C12H15FO2/c1-14-5-6-15-10-7-9-3-2-4-11(9)12(13)8-10/h7-8H,2-6H2,1H3. The third-order valence-electron chi connectivity index (χ3n) is 2.69. The summed E-state index contributed by atoms with van der Waals surface area (Å²) in [4.78, 5) is 0. The third kappa shape index (κ3) is 2.29. The van der Waals surface area contributed by atoms with Crippen LogP contribution in [0.2, 0.25) is 0 Å². The molecule has 0 amide bonds. The first-order valence-corrected chi connectivity index (χ1v) is 5.24. The Morgan fingerprint density at radius 3 is 2.93 bits per heavy atom. The molecule has 82 valence electrons. The second kappa shape index (κ2) is 4.62. The van der Waals surface area contributed by atoms with E-state index in [1.807, 2.05) is 6.07 Å². The van der Waals surface area contributed by atoms with E-state index in [0.717, 1.165) is 30.4 Å². The predicted octanol–water partition coefficient (Wildman–Crippen LogP) is 2.34. The van der Waals surface area contributed by atoms with Gasteiger partial charge in [0, 0.05) is 13.2 Å². The number of aryl methyl sites for hydroxylation is 1. The first-order chi connectivity index (χ1) is 7.31. The van der Waals surface area contributed by atoms with Crippen LogP contribution in [0.25, 0.3) is 0 Å². The molecule has 0 radical (unpaired) electrons. The average Bonchev–Trinajstić information content (AvgIpc) is 2.66. The van der Waals surface area contributed by atoms with Crippen LogP contribution >= 0.6 is 0 Å². The molecule has 0 aliphatic heterocycles. The van der Waals surface area contributed by atoms with Gasteiger partial charge in [0.2, 0.25) is 0 Å². The van der Waals surface area contributed by atoms with Crippen molar-refractivity contribution in [3.8, 4) is 5.75 Å². The van der Waals surface area contributed by atoms with Gasteiger partial charge in [-0.3, -0.25) is 0 Å². The van der Waals surface area contributed by atoms with Crippen LogP contribution in [0, 0.1) is 5.82 Å². The summed E-state index contributed by atoms with van der Waals surface area (Å²) in [7, 11) is 1.62. The monoisotopic (exact) mass is 210 g/mol. The van der Waals surface area contributed by atoms with Crippen molar-refractivity contribution in [3.05, 3.63) is 29.1 Å². The molecular weight excluding hydrogens is 195 g/mol. The molecule has 0 unspecified atom stereocenters. The quantitative estimate of drug-likeness (QED) is 0.710. The molecule has 0 aromatic heterocycles. The lowest BCUT2D eigenvalue weighted by atomic mass is 10.1. The minimum Gasteiger partial charge on any atom is -0.491 e. The van der Waals surface area contributed by atoms with Gasteiger partial charge in [0.15, 0.2) is 0 Å². The molecule has 0 saturated carbocycles. The number of benzene rings is 1. The van der Waals surface area contributed by atoms with Gasteiger partial charge < -0.3 is 9.47 Å². The Kier molecular flexibility index (Phi) is 3.21. The number of ether oxygens (including phenoxy) is 2. The molecule has 3 heteroatoms. The second-order valence-corrected chi connectivity index (χ2v) is 3.74. The molecule has 0 heterocycles. The lowest BCUT2D eigenvalue weighted by Gasteiger charge is -2.08. The van der Waals surface area contributed by atoms with E-state index in [-0.39, 0.29) is 5.82 Å². The summed E-state index contributed by atoms with van der Waals surface area (Å²) in [5.74, 6) is 0.489. The Morgan fingerprint density at radius 1 is 1.27 bits per heavy atom. The molecule has 0 N–H and O–H groups in total. The van der Waals surface area contributed by atoms with Crippen LogP contribution in [0.3, 0.4) is 0 Å². The Labute approximate surface area is 89.0 Å². The summed E-state index contributed by atoms with van der Waals surface area (Å²) in [6.45, 7) is 0.993. The van der Waals surface area contributed by atoms with E-state index >= 15 is 0 Å². The van der Waals surface area contributed by atoms with Crippen LogP contribution in [-0.4, -0.2) is 20.3 Å². The van der Waals surface area contributed by atoms with Gasteiger partial charge >= 0.3 is 0 Å². The molecule has 0 fully saturated rings. The smallest absolute Gasteiger partial charge is 0.130 e. The van der Waals surface area contributed by atoms with Gasteiger partial charge in [-0.15, -0.1) is 0 Å². The van der Waals surface area contributed by atoms with E-state index in [4.69, 9.17) is 9.47 Å². The number of methoxy groups -OCH3 is 1. The minimum absolute atomic E-state index is 0.127. The van der Waals surface area contributed by atoms with E-state index in [0.29, 0.717) is 19.0 Å². The Bertz CT molecular complexity index is 350. The third-order valence-corrected chi connectivity index (χ3v) is 2.69. The zero-order chi connectivity index (χ0) is 10.7. The van der Waals surface area contributed by atoms with Crippen LogP contribution < -0.4 is 4.74 Å². The zero-order valence-corrected chi connectivity index (χ0v) is 8.88. The minimum atomic E-state index is -0.127. The van der Waals surface area contributed by atoms with Gasteiger partial charge in [0.1, 0.15) is 18.2 Å². The van der Waals surface area contributed by atoms with E-state index in [2.05, 4.69) is 0 Å². The molecule has 0 atom stereocenters. The molecule has 0 saturated heterocycles. The van der Waals surface area contributed by atoms with Crippen molar-refractivity contribution in [1.82, 2.24) is 0 Å². The van der Waals surface area contributed by atoms with Gasteiger partial charge in [-0.05, 0) is 36.5 Å². The maximum absolute atomic E-state index is 13.5. The first kappa shape index (κ1) is 10.4. The van der Waals surface area contributed by atoms with Crippen LogP contribution in [0.1, 0.15) is 17.5 Å². The van der Waals surface area contributed by atoms with Crippen molar-refractivity contribution in [2.45, 2.75) is 19.3 Å². The van der Waals surface area contributed by atoms with Crippen LogP contribution in [0.15, 0.2) is 12.1 Å². The Hall–Kier alpha value is -1.09. The molecule has 1 aliphatic carbocycles. The molecule has 1 aromatic rings. The van der Waals surface area contributed by atoms with E-state index in [9.17, 15) is 4.39 Å². The van der Waals surface area contributed by atoms with E-state index in [1.165, 1.54) is 6.07 Å². The highest BCUT2D eigenvalue weighted by Crippen LogP contribution is 2.28. The number of fused-ring (bicyclic) bond motifs is 1. The van der Waals surface area contributed by atoms with Crippen molar-refractivity contribution >= 4 is 0 Å². The number of halogens is 1. The molecule has 2 rings (SSSR count). The zero-order valence-electron chi connectivity index (χ0n) is 8.88. The second-order valence-electron chi connectivity index (χ2n) is 3.74.